The van der Waals surface area contributed by atoms with Crippen LogP contribution in [-0.2, 0) is 6.18 Å². The normalized spacial score (nSPS) is 11.7. The van der Waals surface area contributed by atoms with E-state index in [-0.39, 0.29) is 21.9 Å². The summed E-state index contributed by atoms with van der Waals surface area (Å²) in [6.07, 6.45) is -4.81. The smallest absolute Gasteiger partial charge is 0.419 e. The lowest BCUT2D eigenvalue weighted by Gasteiger charge is -2.12. The summed E-state index contributed by atoms with van der Waals surface area (Å²) in [6, 6.07) is 14.2. The highest BCUT2D eigenvalue weighted by Gasteiger charge is 2.34. The Morgan fingerprint density at radius 3 is 1.97 bits per heavy atom. The number of fused-ring (bicyclic) bond motifs is 1. The first kappa shape index (κ1) is 21.7. The zero-order valence-corrected chi connectivity index (χ0v) is 16.7. The molecule has 4 aromatic carbocycles. The SMILES string of the molecule is CCOc1ccc(-c2ccc(-c3ccc4c(F)c(C(F)(F)F)ccc4c3)c(F)c2)c(F)c1. The summed E-state index contributed by atoms with van der Waals surface area (Å²) >= 11 is 0. The van der Waals surface area contributed by atoms with Crippen molar-refractivity contribution in [1.29, 1.82) is 0 Å². The molecule has 0 amide bonds. The van der Waals surface area contributed by atoms with Gasteiger partial charge in [0, 0.05) is 22.6 Å². The Morgan fingerprint density at radius 2 is 1.34 bits per heavy atom. The average Bonchev–Trinajstić information content (AvgIpc) is 2.73. The quantitative estimate of drug-likeness (QED) is 0.289. The van der Waals surface area contributed by atoms with E-state index in [1.807, 2.05) is 0 Å². The molecule has 1 nitrogen and oxygen atoms in total. The highest BCUT2D eigenvalue weighted by molar-refractivity contribution is 5.89. The lowest BCUT2D eigenvalue weighted by Crippen LogP contribution is -2.08. The van der Waals surface area contributed by atoms with Gasteiger partial charge >= 0.3 is 6.18 Å². The van der Waals surface area contributed by atoms with Crippen molar-refractivity contribution >= 4 is 10.8 Å². The van der Waals surface area contributed by atoms with Crippen LogP contribution in [0.1, 0.15) is 12.5 Å². The lowest BCUT2D eigenvalue weighted by atomic mass is 9.96. The maximum Gasteiger partial charge on any atom is 0.419 e. The van der Waals surface area contributed by atoms with E-state index in [4.69, 9.17) is 4.74 Å². The minimum absolute atomic E-state index is 0.155. The lowest BCUT2D eigenvalue weighted by molar-refractivity contribution is -0.139. The van der Waals surface area contributed by atoms with Crippen LogP contribution in [0.4, 0.5) is 26.3 Å². The Balaban J connectivity index is 1.72. The van der Waals surface area contributed by atoms with Crippen LogP contribution in [0.25, 0.3) is 33.0 Å². The molecule has 0 spiro atoms. The molecular formula is C25H16F6O. The van der Waals surface area contributed by atoms with E-state index in [0.29, 0.717) is 29.5 Å². The second-order valence-electron chi connectivity index (χ2n) is 7.13. The van der Waals surface area contributed by atoms with Gasteiger partial charge in [-0.1, -0.05) is 30.3 Å². The molecule has 0 bridgehead atoms. The van der Waals surface area contributed by atoms with Crippen LogP contribution in [0.15, 0.2) is 66.7 Å². The van der Waals surface area contributed by atoms with Gasteiger partial charge in [0.25, 0.3) is 0 Å². The number of halogens is 6. The van der Waals surface area contributed by atoms with E-state index in [0.717, 1.165) is 6.07 Å². The fourth-order valence-corrected chi connectivity index (χ4v) is 3.58. The van der Waals surface area contributed by atoms with E-state index in [2.05, 4.69) is 0 Å². The van der Waals surface area contributed by atoms with Crippen molar-refractivity contribution < 1.29 is 31.1 Å². The molecule has 0 atom stereocenters. The number of alkyl halides is 3. The molecule has 0 aromatic heterocycles. The van der Waals surface area contributed by atoms with Crippen molar-refractivity contribution in [3.63, 3.8) is 0 Å². The van der Waals surface area contributed by atoms with Gasteiger partial charge in [-0.25, -0.2) is 13.2 Å². The predicted molar refractivity (Wildman–Crippen MR) is 111 cm³/mol. The second kappa shape index (κ2) is 8.22. The van der Waals surface area contributed by atoms with Crippen molar-refractivity contribution in [3.05, 3.63) is 89.7 Å². The number of benzene rings is 4. The Labute approximate surface area is 179 Å². The summed E-state index contributed by atoms with van der Waals surface area (Å²) in [4.78, 5) is 0. The molecule has 32 heavy (non-hydrogen) atoms. The number of hydrogen-bond donors (Lipinski definition) is 0. The fourth-order valence-electron chi connectivity index (χ4n) is 3.58. The monoisotopic (exact) mass is 446 g/mol. The largest absolute Gasteiger partial charge is 0.494 e. The van der Waals surface area contributed by atoms with E-state index in [1.165, 1.54) is 48.5 Å². The van der Waals surface area contributed by atoms with Crippen LogP contribution in [-0.4, -0.2) is 6.61 Å². The van der Waals surface area contributed by atoms with Crippen molar-refractivity contribution in [3.8, 4) is 28.0 Å². The van der Waals surface area contributed by atoms with Gasteiger partial charge in [0.05, 0.1) is 12.2 Å². The molecule has 0 aliphatic carbocycles. The van der Waals surface area contributed by atoms with Crippen LogP contribution < -0.4 is 4.74 Å². The summed E-state index contributed by atoms with van der Waals surface area (Å²) < 4.78 is 87.6. The summed E-state index contributed by atoms with van der Waals surface area (Å²) in [5.41, 5.74) is -0.339. The minimum Gasteiger partial charge on any atom is -0.494 e. The van der Waals surface area contributed by atoms with E-state index < -0.39 is 29.2 Å². The van der Waals surface area contributed by atoms with Gasteiger partial charge < -0.3 is 4.74 Å². The Bertz CT molecular complexity index is 1310. The number of hydrogen-bond acceptors (Lipinski definition) is 1. The molecule has 0 saturated carbocycles. The van der Waals surface area contributed by atoms with Gasteiger partial charge in [-0.2, -0.15) is 13.2 Å². The molecule has 0 unspecified atom stereocenters. The van der Waals surface area contributed by atoms with Crippen molar-refractivity contribution in [2.24, 2.45) is 0 Å². The van der Waals surface area contributed by atoms with Crippen LogP contribution in [0, 0.1) is 17.5 Å². The fraction of sp³-hybridized carbons (Fsp3) is 0.120. The van der Waals surface area contributed by atoms with Crippen molar-refractivity contribution in [2.75, 3.05) is 6.61 Å². The third-order valence-corrected chi connectivity index (χ3v) is 5.10. The average molecular weight is 446 g/mol. The molecule has 0 aliphatic rings. The Kier molecular flexibility index (Phi) is 5.59. The van der Waals surface area contributed by atoms with Crippen LogP contribution in [0.5, 0.6) is 5.75 Å². The first-order valence-electron chi connectivity index (χ1n) is 9.71. The molecule has 4 rings (SSSR count). The van der Waals surface area contributed by atoms with Gasteiger partial charge in [-0.3, -0.25) is 0 Å². The standard InChI is InChI=1S/C25H16F6O/c1-2-32-17-6-9-19(23(27)13-17)16-3-7-18(22(26)12-16)14-4-8-20-15(11-14)5-10-21(24(20)28)25(29,30)31/h3-13H,2H2,1H3. The molecule has 0 N–H and O–H groups in total. The third-order valence-electron chi connectivity index (χ3n) is 5.10. The molecule has 4 aromatic rings. The number of rotatable bonds is 4. The Morgan fingerprint density at radius 1 is 0.719 bits per heavy atom. The third kappa shape index (κ3) is 4.02. The molecule has 164 valence electrons. The minimum atomic E-state index is -4.81. The first-order valence-corrected chi connectivity index (χ1v) is 9.71. The van der Waals surface area contributed by atoms with Gasteiger partial charge in [-0.15, -0.1) is 0 Å². The van der Waals surface area contributed by atoms with Crippen molar-refractivity contribution in [2.45, 2.75) is 13.1 Å². The molecule has 0 aliphatic heterocycles. The second-order valence-corrected chi connectivity index (χ2v) is 7.13. The van der Waals surface area contributed by atoms with Crippen molar-refractivity contribution in [1.82, 2.24) is 0 Å². The van der Waals surface area contributed by atoms with Crippen LogP contribution in [0.3, 0.4) is 0 Å². The summed E-state index contributed by atoms with van der Waals surface area (Å²) in [7, 11) is 0. The molecule has 0 heterocycles. The summed E-state index contributed by atoms with van der Waals surface area (Å²) in [5.74, 6) is -2.22. The molecule has 7 heteroatoms. The van der Waals surface area contributed by atoms with Gasteiger partial charge in [-0.05, 0) is 53.8 Å². The van der Waals surface area contributed by atoms with Gasteiger partial charge in [0.15, 0.2) is 0 Å². The zero-order chi connectivity index (χ0) is 23.0. The molecular weight excluding hydrogens is 430 g/mol. The number of ether oxygens (including phenoxy) is 1. The highest BCUT2D eigenvalue weighted by atomic mass is 19.4. The van der Waals surface area contributed by atoms with Gasteiger partial charge in [0.2, 0.25) is 0 Å². The van der Waals surface area contributed by atoms with Crippen LogP contribution in [0.2, 0.25) is 0 Å². The highest BCUT2D eigenvalue weighted by Crippen LogP contribution is 2.36. The Hall–Kier alpha value is -3.48. The first-order chi connectivity index (χ1) is 15.2. The van der Waals surface area contributed by atoms with Crippen LogP contribution >= 0.6 is 0 Å². The maximum absolute atomic E-state index is 14.9. The maximum atomic E-state index is 14.9. The summed E-state index contributed by atoms with van der Waals surface area (Å²) in [6.45, 7) is 2.16. The topological polar surface area (TPSA) is 9.23 Å². The molecule has 0 saturated heterocycles. The van der Waals surface area contributed by atoms with Gasteiger partial charge in [0.1, 0.15) is 23.2 Å². The zero-order valence-electron chi connectivity index (χ0n) is 16.7. The van der Waals surface area contributed by atoms with E-state index >= 15 is 0 Å². The predicted octanol–water partition coefficient (Wildman–Crippen LogP) is 8.01. The molecule has 0 radical (unpaired) electrons. The summed E-state index contributed by atoms with van der Waals surface area (Å²) in [5, 5.41) is -0.00824. The van der Waals surface area contributed by atoms with E-state index in [9.17, 15) is 26.3 Å². The van der Waals surface area contributed by atoms with E-state index in [1.54, 1.807) is 13.0 Å². The molecule has 0 fully saturated rings.